The third kappa shape index (κ3) is 4.68. The second kappa shape index (κ2) is 10.3. The number of ether oxygens (including phenoxy) is 3. The first-order chi connectivity index (χ1) is 18.8. The van der Waals surface area contributed by atoms with Crippen molar-refractivity contribution in [2.75, 3.05) is 0 Å². The molecule has 1 aromatic carbocycles. The minimum absolute atomic E-state index is 0.196. The normalized spacial score (nSPS) is 38.7. The number of carboxylic acid groups (broad SMARTS) is 1. The van der Waals surface area contributed by atoms with Gasteiger partial charge in [0.1, 0.15) is 5.54 Å². The minimum atomic E-state index is -2.73. The van der Waals surface area contributed by atoms with Gasteiger partial charge in [-0.15, -0.1) is 0 Å². The highest BCUT2D eigenvalue weighted by Gasteiger charge is 2.85. The Morgan fingerprint density at radius 3 is 2.33 bits per heavy atom. The molecule has 8 nitrogen and oxygen atoms in total. The number of benzene rings is 1. The standard InChI is InChI=1S/C29H36F3NO7/c1-3-27(12-16-5-4-6-17(9-16)13-27)25(36)39-15(2)40-26(37)29(33)22(11-19-23(29)28(19,32)24(34)35)38-14-18-7-8-20(30)21(31)10-18/h7-8,10,15-17,19,22-23H,3-6,9,11-14,33H2,1-2H3,(H,34,35)/t15-,16?,17?,19+,22+,23-,27?,28+,29-/m0/s1. The van der Waals surface area contributed by atoms with E-state index in [1.54, 1.807) is 0 Å². The summed E-state index contributed by atoms with van der Waals surface area (Å²) in [4.78, 5) is 38.5. The van der Waals surface area contributed by atoms with Crippen LogP contribution in [-0.4, -0.2) is 46.6 Å². The number of hydrogen-bond acceptors (Lipinski definition) is 7. The quantitative estimate of drug-likeness (QED) is 0.332. The van der Waals surface area contributed by atoms with Gasteiger partial charge >= 0.3 is 17.9 Å². The van der Waals surface area contributed by atoms with Crippen LogP contribution < -0.4 is 5.73 Å². The molecule has 0 radical (unpaired) electrons. The molecule has 3 N–H and O–H groups in total. The van der Waals surface area contributed by atoms with E-state index in [9.17, 15) is 28.3 Å². The Bertz CT molecular complexity index is 1180. The zero-order valence-corrected chi connectivity index (χ0v) is 22.7. The maximum absolute atomic E-state index is 15.3. The lowest BCUT2D eigenvalue weighted by Crippen LogP contribution is -2.61. The average molecular weight is 568 g/mol. The Labute approximate surface area is 230 Å². The molecule has 40 heavy (non-hydrogen) atoms. The van der Waals surface area contributed by atoms with E-state index in [1.807, 2.05) is 6.92 Å². The molecule has 0 aromatic heterocycles. The smallest absolute Gasteiger partial charge is 0.342 e. The first kappa shape index (κ1) is 28.9. The summed E-state index contributed by atoms with van der Waals surface area (Å²) >= 11 is 0. The second-order valence-corrected chi connectivity index (χ2v) is 12.2. The lowest BCUT2D eigenvalue weighted by atomic mass is 9.60. The molecule has 4 saturated carbocycles. The van der Waals surface area contributed by atoms with Crippen LogP contribution >= 0.6 is 0 Å². The number of carbonyl (C=O) groups is 3. The van der Waals surface area contributed by atoms with Crippen molar-refractivity contribution in [3.8, 4) is 0 Å². The fraction of sp³-hybridized carbons (Fsp3) is 0.690. The van der Waals surface area contributed by atoms with E-state index in [0.29, 0.717) is 31.1 Å². The summed E-state index contributed by atoms with van der Waals surface area (Å²) < 4.78 is 59.0. The fourth-order valence-electron chi connectivity index (χ4n) is 7.73. The summed E-state index contributed by atoms with van der Waals surface area (Å²) in [6, 6.07) is 3.12. The summed E-state index contributed by atoms with van der Waals surface area (Å²) in [5, 5.41) is 9.48. The molecule has 0 spiro atoms. The van der Waals surface area contributed by atoms with E-state index >= 15 is 4.39 Å². The van der Waals surface area contributed by atoms with Crippen molar-refractivity contribution in [3.63, 3.8) is 0 Å². The number of fused-ring (bicyclic) bond motifs is 3. The highest BCUT2D eigenvalue weighted by atomic mass is 19.2. The van der Waals surface area contributed by atoms with Crippen molar-refractivity contribution in [2.24, 2.45) is 34.8 Å². The lowest BCUT2D eigenvalue weighted by Gasteiger charge is -2.45. The summed E-state index contributed by atoms with van der Waals surface area (Å²) in [5.74, 6) is -7.10. The van der Waals surface area contributed by atoms with Gasteiger partial charge in [0, 0.05) is 18.8 Å². The summed E-state index contributed by atoms with van der Waals surface area (Å²) in [6.45, 7) is 3.02. The van der Waals surface area contributed by atoms with Crippen molar-refractivity contribution < 1.29 is 46.9 Å². The molecule has 11 heteroatoms. The SMILES string of the molecule is CCC1(C(=O)O[C@H](C)OC(=O)[C@@]2(N)[C@H]3[C@@H](C[C@H]2OCc2ccc(F)c(F)c2)[C@]3(F)C(=O)O)CC2CCCC(C2)C1. The summed E-state index contributed by atoms with van der Waals surface area (Å²) in [6.07, 6.45) is 3.72. The maximum Gasteiger partial charge on any atom is 0.342 e. The molecular formula is C29H36F3NO7. The molecule has 5 rings (SSSR count). The summed E-state index contributed by atoms with van der Waals surface area (Å²) in [5.41, 5.74) is 1.05. The maximum atomic E-state index is 15.3. The van der Waals surface area contributed by atoms with Gasteiger partial charge in [0.05, 0.1) is 18.1 Å². The van der Waals surface area contributed by atoms with Gasteiger partial charge in [0.2, 0.25) is 12.0 Å². The lowest BCUT2D eigenvalue weighted by molar-refractivity contribution is -0.202. The van der Waals surface area contributed by atoms with E-state index in [2.05, 4.69) is 0 Å². The molecule has 4 fully saturated rings. The Hall–Kier alpha value is -2.66. The Morgan fingerprint density at radius 1 is 1.07 bits per heavy atom. The minimum Gasteiger partial charge on any atom is -0.479 e. The van der Waals surface area contributed by atoms with Crippen LogP contribution in [0.5, 0.6) is 0 Å². The van der Waals surface area contributed by atoms with Crippen LogP contribution in [0.3, 0.4) is 0 Å². The largest absolute Gasteiger partial charge is 0.479 e. The first-order valence-electron chi connectivity index (χ1n) is 14.0. The van der Waals surface area contributed by atoms with Crippen LogP contribution in [0.15, 0.2) is 18.2 Å². The van der Waals surface area contributed by atoms with E-state index in [0.717, 1.165) is 37.8 Å². The molecule has 1 aromatic rings. The van der Waals surface area contributed by atoms with Gasteiger partial charge in [-0.05, 0) is 61.6 Å². The number of alkyl halides is 1. The highest BCUT2D eigenvalue weighted by Crippen LogP contribution is 2.67. The third-order valence-corrected chi connectivity index (χ3v) is 9.82. The molecule has 0 heterocycles. The van der Waals surface area contributed by atoms with Crippen LogP contribution in [-0.2, 0) is 35.2 Å². The van der Waals surface area contributed by atoms with Gasteiger partial charge in [-0.1, -0.05) is 32.3 Å². The molecule has 2 unspecified atom stereocenters. The highest BCUT2D eigenvalue weighted by molar-refractivity contribution is 5.91. The summed E-state index contributed by atoms with van der Waals surface area (Å²) in [7, 11) is 0. The monoisotopic (exact) mass is 567 g/mol. The zero-order valence-electron chi connectivity index (χ0n) is 22.7. The number of carbonyl (C=O) groups excluding carboxylic acids is 2. The van der Waals surface area contributed by atoms with E-state index < -0.39 is 70.4 Å². The predicted molar refractivity (Wildman–Crippen MR) is 134 cm³/mol. The molecule has 0 amide bonds. The van der Waals surface area contributed by atoms with Crippen molar-refractivity contribution >= 4 is 17.9 Å². The zero-order chi connectivity index (χ0) is 29.0. The molecule has 4 aliphatic rings. The third-order valence-electron chi connectivity index (χ3n) is 9.82. The fourth-order valence-corrected chi connectivity index (χ4v) is 7.73. The van der Waals surface area contributed by atoms with E-state index in [1.165, 1.54) is 13.0 Å². The van der Waals surface area contributed by atoms with Gasteiger partial charge in [0.25, 0.3) is 0 Å². The van der Waals surface area contributed by atoms with Crippen LogP contribution in [0.25, 0.3) is 0 Å². The van der Waals surface area contributed by atoms with Gasteiger partial charge < -0.3 is 25.1 Å². The number of hydrogen-bond donors (Lipinski definition) is 2. The molecule has 0 aliphatic heterocycles. The van der Waals surface area contributed by atoms with Crippen LogP contribution in [0.4, 0.5) is 13.2 Å². The van der Waals surface area contributed by atoms with Crippen LogP contribution in [0.2, 0.25) is 0 Å². The number of halogens is 3. The molecule has 8 atom stereocenters. The second-order valence-electron chi connectivity index (χ2n) is 12.2. The molecule has 0 saturated heterocycles. The molecule has 220 valence electrons. The van der Waals surface area contributed by atoms with Gasteiger partial charge in [-0.3, -0.25) is 4.79 Å². The molecule has 2 bridgehead atoms. The Kier molecular flexibility index (Phi) is 7.44. The predicted octanol–water partition coefficient (Wildman–Crippen LogP) is 4.42. The number of esters is 2. The number of nitrogens with two attached hydrogens (primary N) is 1. The topological polar surface area (TPSA) is 125 Å². The number of rotatable bonds is 9. The van der Waals surface area contributed by atoms with Crippen molar-refractivity contribution in [1.82, 2.24) is 0 Å². The first-order valence-corrected chi connectivity index (χ1v) is 14.0. The van der Waals surface area contributed by atoms with Crippen LogP contribution in [0.1, 0.15) is 70.8 Å². The van der Waals surface area contributed by atoms with Gasteiger partial charge in [0.15, 0.2) is 11.6 Å². The average Bonchev–Trinajstić information content (AvgIpc) is 3.39. The Morgan fingerprint density at radius 2 is 1.73 bits per heavy atom. The molecule has 4 aliphatic carbocycles. The van der Waals surface area contributed by atoms with Gasteiger partial charge in [-0.2, -0.15) is 0 Å². The van der Waals surface area contributed by atoms with E-state index in [-0.39, 0.29) is 18.6 Å². The van der Waals surface area contributed by atoms with Crippen molar-refractivity contribution in [2.45, 2.75) is 95.4 Å². The molecular weight excluding hydrogens is 531 g/mol. The van der Waals surface area contributed by atoms with Crippen molar-refractivity contribution in [1.29, 1.82) is 0 Å². The van der Waals surface area contributed by atoms with E-state index in [4.69, 9.17) is 19.9 Å². The van der Waals surface area contributed by atoms with Gasteiger partial charge in [-0.25, -0.2) is 22.8 Å². The Balaban J connectivity index is 1.28. The number of carboxylic acids is 1. The van der Waals surface area contributed by atoms with Crippen LogP contribution in [0, 0.1) is 40.7 Å². The van der Waals surface area contributed by atoms with Crippen molar-refractivity contribution in [3.05, 3.63) is 35.4 Å². The number of aliphatic carboxylic acids is 1.